The van der Waals surface area contributed by atoms with Gasteiger partial charge >= 0.3 is 0 Å². The molecule has 0 bridgehead atoms. The summed E-state index contributed by atoms with van der Waals surface area (Å²) < 4.78 is 10.4. The molecule has 1 aromatic rings. The molecule has 1 saturated heterocycles. The van der Waals surface area contributed by atoms with E-state index in [1.165, 1.54) is 0 Å². The number of piperidine rings is 1. The van der Waals surface area contributed by atoms with Crippen LogP contribution in [-0.4, -0.2) is 33.2 Å². The second kappa shape index (κ2) is 6.43. The molecule has 1 aliphatic rings. The van der Waals surface area contributed by atoms with E-state index in [0.717, 1.165) is 25.9 Å². The smallest absolute Gasteiger partial charge is 0.228 e. The van der Waals surface area contributed by atoms with Crippen LogP contribution in [0.15, 0.2) is 18.2 Å². The summed E-state index contributed by atoms with van der Waals surface area (Å²) >= 11 is 0. The first-order valence-corrected chi connectivity index (χ1v) is 6.47. The number of carbonyl (C=O) groups is 1. The van der Waals surface area contributed by atoms with Crippen LogP contribution >= 0.6 is 0 Å². The van der Waals surface area contributed by atoms with E-state index in [-0.39, 0.29) is 11.8 Å². The predicted molar refractivity (Wildman–Crippen MR) is 73.8 cm³/mol. The number of ether oxygens (including phenoxy) is 2. The largest absolute Gasteiger partial charge is 0.497 e. The van der Waals surface area contributed by atoms with Gasteiger partial charge in [0, 0.05) is 30.4 Å². The van der Waals surface area contributed by atoms with E-state index in [1.54, 1.807) is 32.4 Å². The molecule has 5 heteroatoms. The van der Waals surface area contributed by atoms with Gasteiger partial charge in [-0.15, -0.1) is 0 Å². The van der Waals surface area contributed by atoms with E-state index in [1.807, 2.05) is 0 Å². The van der Waals surface area contributed by atoms with E-state index >= 15 is 0 Å². The number of carbonyl (C=O) groups excluding carboxylic acids is 1. The van der Waals surface area contributed by atoms with Crippen LogP contribution in [0.1, 0.15) is 12.8 Å². The molecule has 1 atom stereocenters. The Kier molecular flexibility index (Phi) is 4.63. The third kappa shape index (κ3) is 3.61. The van der Waals surface area contributed by atoms with Crippen LogP contribution in [-0.2, 0) is 4.79 Å². The molecule has 5 nitrogen and oxygen atoms in total. The number of anilines is 1. The predicted octanol–water partition coefficient (Wildman–Crippen LogP) is 1.64. The monoisotopic (exact) mass is 264 g/mol. The molecule has 19 heavy (non-hydrogen) atoms. The zero-order valence-electron chi connectivity index (χ0n) is 11.4. The highest BCUT2D eigenvalue weighted by atomic mass is 16.5. The normalized spacial score (nSPS) is 18.7. The Bertz CT molecular complexity index is 420. The number of rotatable bonds is 4. The summed E-state index contributed by atoms with van der Waals surface area (Å²) in [6.45, 7) is 1.74. The van der Waals surface area contributed by atoms with Crippen molar-refractivity contribution >= 4 is 11.6 Å². The van der Waals surface area contributed by atoms with Gasteiger partial charge in [0.05, 0.1) is 20.1 Å². The Labute approximate surface area is 113 Å². The number of benzene rings is 1. The van der Waals surface area contributed by atoms with Gasteiger partial charge in [-0.05, 0) is 19.4 Å². The lowest BCUT2D eigenvalue weighted by Crippen LogP contribution is -2.37. The molecule has 0 aliphatic carbocycles. The Hall–Kier alpha value is -1.75. The fraction of sp³-hybridized carbons (Fsp3) is 0.500. The van der Waals surface area contributed by atoms with E-state index in [2.05, 4.69) is 10.6 Å². The Morgan fingerprint density at radius 2 is 1.95 bits per heavy atom. The summed E-state index contributed by atoms with van der Waals surface area (Å²) in [5.74, 6) is 1.40. The molecule has 2 N–H and O–H groups in total. The highest BCUT2D eigenvalue weighted by molar-refractivity contribution is 5.93. The molecule has 0 radical (unpaired) electrons. The fourth-order valence-electron chi connectivity index (χ4n) is 2.20. The van der Waals surface area contributed by atoms with Gasteiger partial charge in [-0.3, -0.25) is 4.79 Å². The van der Waals surface area contributed by atoms with Crippen molar-refractivity contribution in [2.45, 2.75) is 12.8 Å². The summed E-state index contributed by atoms with van der Waals surface area (Å²) in [4.78, 5) is 12.1. The minimum atomic E-state index is 0.0333. The highest BCUT2D eigenvalue weighted by Crippen LogP contribution is 2.26. The molecule has 1 aliphatic heterocycles. The molecule has 0 aromatic heterocycles. The first-order valence-electron chi connectivity index (χ1n) is 6.47. The van der Waals surface area contributed by atoms with Gasteiger partial charge in [-0.2, -0.15) is 0 Å². The molecule has 1 aromatic carbocycles. The molecule has 0 saturated carbocycles. The lowest BCUT2D eigenvalue weighted by atomic mass is 9.99. The lowest BCUT2D eigenvalue weighted by Gasteiger charge is -2.22. The van der Waals surface area contributed by atoms with Crippen molar-refractivity contribution in [1.82, 2.24) is 5.32 Å². The minimum Gasteiger partial charge on any atom is -0.497 e. The second-order valence-electron chi connectivity index (χ2n) is 4.63. The fourth-order valence-corrected chi connectivity index (χ4v) is 2.20. The molecule has 104 valence electrons. The molecule has 0 spiro atoms. The third-order valence-corrected chi connectivity index (χ3v) is 3.29. The maximum Gasteiger partial charge on any atom is 0.228 e. The molecule has 1 amide bonds. The Morgan fingerprint density at radius 1 is 1.26 bits per heavy atom. The van der Waals surface area contributed by atoms with Crippen LogP contribution in [0.3, 0.4) is 0 Å². The highest BCUT2D eigenvalue weighted by Gasteiger charge is 2.21. The number of nitrogens with one attached hydrogen (secondary N) is 2. The number of methoxy groups -OCH3 is 2. The molecular formula is C14H20N2O3. The van der Waals surface area contributed by atoms with Gasteiger partial charge in [0.1, 0.15) is 11.5 Å². The third-order valence-electron chi connectivity index (χ3n) is 3.29. The first-order chi connectivity index (χ1) is 9.22. The number of hydrogen-bond donors (Lipinski definition) is 2. The van der Waals surface area contributed by atoms with Crippen molar-refractivity contribution in [2.24, 2.45) is 5.92 Å². The van der Waals surface area contributed by atoms with Crippen LogP contribution in [0.25, 0.3) is 0 Å². The summed E-state index contributed by atoms with van der Waals surface area (Å²) in [7, 11) is 3.18. The number of amides is 1. The van der Waals surface area contributed by atoms with Crippen LogP contribution < -0.4 is 20.1 Å². The summed E-state index contributed by atoms with van der Waals surface area (Å²) in [6, 6.07) is 5.35. The van der Waals surface area contributed by atoms with Gasteiger partial charge in [0.25, 0.3) is 0 Å². The van der Waals surface area contributed by atoms with Crippen molar-refractivity contribution in [1.29, 1.82) is 0 Å². The number of hydrogen-bond acceptors (Lipinski definition) is 4. The van der Waals surface area contributed by atoms with Crippen molar-refractivity contribution in [3.63, 3.8) is 0 Å². The van der Waals surface area contributed by atoms with Crippen molar-refractivity contribution in [3.8, 4) is 11.5 Å². The maximum atomic E-state index is 12.1. The van der Waals surface area contributed by atoms with E-state index in [4.69, 9.17) is 9.47 Å². The van der Waals surface area contributed by atoms with Gasteiger partial charge < -0.3 is 20.1 Å². The van der Waals surface area contributed by atoms with Crippen LogP contribution in [0.5, 0.6) is 11.5 Å². The minimum absolute atomic E-state index is 0.0333. The van der Waals surface area contributed by atoms with E-state index in [0.29, 0.717) is 17.2 Å². The molecule has 2 rings (SSSR count). The average molecular weight is 264 g/mol. The van der Waals surface area contributed by atoms with E-state index in [9.17, 15) is 4.79 Å². The topological polar surface area (TPSA) is 59.6 Å². The van der Waals surface area contributed by atoms with Crippen molar-refractivity contribution in [3.05, 3.63) is 18.2 Å². The van der Waals surface area contributed by atoms with Crippen LogP contribution in [0.4, 0.5) is 5.69 Å². The van der Waals surface area contributed by atoms with Gasteiger partial charge in [-0.25, -0.2) is 0 Å². The Balaban J connectivity index is 2.06. The van der Waals surface area contributed by atoms with Gasteiger partial charge in [0.2, 0.25) is 5.91 Å². The second-order valence-corrected chi connectivity index (χ2v) is 4.63. The molecular weight excluding hydrogens is 244 g/mol. The summed E-state index contributed by atoms with van der Waals surface area (Å²) in [6.07, 6.45) is 1.97. The van der Waals surface area contributed by atoms with Gasteiger partial charge in [-0.1, -0.05) is 0 Å². The molecule has 1 heterocycles. The Morgan fingerprint density at radius 3 is 2.47 bits per heavy atom. The van der Waals surface area contributed by atoms with Crippen LogP contribution in [0.2, 0.25) is 0 Å². The standard InChI is InChI=1S/C14H20N2O3/c1-18-12-6-11(7-13(8-12)19-2)16-14(17)10-4-3-5-15-9-10/h6-8,10,15H,3-5,9H2,1-2H3,(H,16,17). The zero-order chi connectivity index (χ0) is 13.7. The maximum absolute atomic E-state index is 12.1. The quantitative estimate of drug-likeness (QED) is 0.868. The average Bonchev–Trinajstić information content (AvgIpc) is 2.47. The summed E-state index contributed by atoms with van der Waals surface area (Å²) in [5.41, 5.74) is 0.701. The van der Waals surface area contributed by atoms with Crippen molar-refractivity contribution < 1.29 is 14.3 Å². The molecule has 1 fully saturated rings. The van der Waals surface area contributed by atoms with Crippen LogP contribution in [0, 0.1) is 5.92 Å². The first kappa shape index (κ1) is 13.7. The SMILES string of the molecule is COc1cc(NC(=O)C2CCCNC2)cc(OC)c1. The zero-order valence-corrected chi connectivity index (χ0v) is 11.4. The van der Waals surface area contributed by atoms with Gasteiger partial charge in [0.15, 0.2) is 0 Å². The van der Waals surface area contributed by atoms with Crippen molar-refractivity contribution in [2.75, 3.05) is 32.6 Å². The lowest BCUT2D eigenvalue weighted by molar-refractivity contribution is -0.120. The summed E-state index contributed by atoms with van der Waals surface area (Å²) in [5, 5.41) is 6.16. The van der Waals surface area contributed by atoms with E-state index < -0.39 is 0 Å². The molecule has 1 unspecified atom stereocenters.